The molecule has 0 spiro atoms. The molecule has 0 aliphatic carbocycles. The topological polar surface area (TPSA) is 4.93 Å². The standard InChI is InChI=1S/C17H15NS/c1-12-16-10-8-15(19)9-11-17(16)13(2)18(12)14-6-4-3-5-7-14/h3-11H,1-2H3. The maximum Gasteiger partial charge on any atom is 0.0455 e. The van der Waals surface area contributed by atoms with Gasteiger partial charge in [0.1, 0.15) is 0 Å². The van der Waals surface area contributed by atoms with E-state index in [1.165, 1.54) is 27.8 Å². The Morgan fingerprint density at radius 3 is 1.79 bits per heavy atom. The molecule has 3 rings (SSSR count). The van der Waals surface area contributed by atoms with Gasteiger partial charge in [-0.1, -0.05) is 42.5 Å². The molecule has 0 N–H and O–H groups in total. The number of para-hydroxylation sites is 1. The Kier molecular flexibility index (Phi) is 2.96. The van der Waals surface area contributed by atoms with Gasteiger partial charge in [-0.25, -0.2) is 0 Å². The van der Waals surface area contributed by atoms with E-state index in [0.29, 0.717) is 0 Å². The van der Waals surface area contributed by atoms with Crippen molar-refractivity contribution in [1.82, 2.24) is 4.57 Å². The fourth-order valence-electron chi connectivity index (χ4n) is 2.65. The minimum Gasteiger partial charge on any atom is -0.317 e. The zero-order chi connectivity index (χ0) is 13.4. The molecule has 0 saturated heterocycles. The van der Waals surface area contributed by atoms with Crippen molar-refractivity contribution in [2.75, 3.05) is 0 Å². The van der Waals surface area contributed by atoms with E-state index in [-0.39, 0.29) is 0 Å². The van der Waals surface area contributed by atoms with Gasteiger partial charge in [0.15, 0.2) is 0 Å². The highest BCUT2D eigenvalue weighted by Gasteiger charge is 2.10. The summed E-state index contributed by atoms with van der Waals surface area (Å²) < 4.78 is 3.18. The zero-order valence-electron chi connectivity index (χ0n) is 11.1. The Hall–Kier alpha value is -1.93. The summed E-state index contributed by atoms with van der Waals surface area (Å²) in [5, 5.41) is 2.52. The van der Waals surface area contributed by atoms with E-state index in [2.05, 4.69) is 54.8 Å². The number of hydrogen-bond donors (Lipinski definition) is 0. The molecule has 2 aromatic carbocycles. The summed E-state index contributed by atoms with van der Waals surface area (Å²) in [6.07, 6.45) is 0. The highest BCUT2D eigenvalue weighted by Crippen LogP contribution is 2.27. The third-order valence-electron chi connectivity index (χ3n) is 3.58. The van der Waals surface area contributed by atoms with E-state index in [1.807, 2.05) is 18.2 Å². The molecule has 0 aliphatic heterocycles. The van der Waals surface area contributed by atoms with Crippen molar-refractivity contribution in [3.63, 3.8) is 0 Å². The summed E-state index contributed by atoms with van der Waals surface area (Å²) in [4.78, 5) is 0. The summed E-state index contributed by atoms with van der Waals surface area (Å²) in [5.74, 6) is 0. The second kappa shape index (κ2) is 4.63. The van der Waals surface area contributed by atoms with Gasteiger partial charge in [-0.05, 0) is 38.1 Å². The van der Waals surface area contributed by atoms with Crippen LogP contribution in [0.5, 0.6) is 0 Å². The highest BCUT2D eigenvalue weighted by molar-refractivity contribution is 7.71. The molecule has 3 aromatic rings. The first-order valence-electron chi connectivity index (χ1n) is 6.36. The summed E-state index contributed by atoms with van der Waals surface area (Å²) in [5.41, 5.74) is 3.71. The van der Waals surface area contributed by atoms with E-state index in [4.69, 9.17) is 12.2 Å². The number of benzene rings is 1. The molecular weight excluding hydrogens is 250 g/mol. The van der Waals surface area contributed by atoms with Gasteiger partial charge in [-0.15, -0.1) is 0 Å². The second-order valence-corrected chi connectivity index (χ2v) is 5.21. The van der Waals surface area contributed by atoms with Crippen molar-refractivity contribution < 1.29 is 0 Å². The van der Waals surface area contributed by atoms with Crippen molar-refractivity contribution in [1.29, 1.82) is 0 Å². The monoisotopic (exact) mass is 265 g/mol. The molecule has 1 heterocycles. The maximum atomic E-state index is 5.24. The number of aryl methyl sites for hydroxylation is 2. The lowest BCUT2D eigenvalue weighted by Crippen LogP contribution is -1.97. The fraction of sp³-hybridized carbons (Fsp3) is 0.118. The maximum absolute atomic E-state index is 5.24. The Bertz CT molecular complexity index is 755. The Balaban J connectivity index is 2.41. The van der Waals surface area contributed by atoms with E-state index in [9.17, 15) is 0 Å². The smallest absolute Gasteiger partial charge is 0.0455 e. The molecular formula is C17H15NS. The minimum absolute atomic E-state index is 0.876. The SMILES string of the molecule is Cc1c2ccc(=S)ccc2c(C)n1-c1ccccc1. The van der Waals surface area contributed by atoms with Crippen LogP contribution in [0.2, 0.25) is 0 Å². The lowest BCUT2D eigenvalue weighted by Gasteiger charge is -2.08. The average Bonchev–Trinajstić information content (AvgIpc) is 2.55. The molecule has 1 aromatic heterocycles. The lowest BCUT2D eigenvalue weighted by atomic mass is 10.2. The second-order valence-electron chi connectivity index (χ2n) is 4.74. The van der Waals surface area contributed by atoms with Gasteiger partial charge < -0.3 is 4.57 Å². The van der Waals surface area contributed by atoms with Crippen LogP contribution in [0.15, 0.2) is 54.6 Å². The predicted molar refractivity (Wildman–Crippen MR) is 83.6 cm³/mol. The minimum atomic E-state index is 0.876. The number of hydrogen-bond acceptors (Lipinski definition) is 1. The number of fused-ring (bicyclic) bond motifs is 1. The Morgan fingerprint density at radius 2 is 1.26 bits per heavy atom. The van der Waals surface area contributed by atoms with Crippen LogP contribution in [-0.4, -0.2) is 4.57 Å². The third-order valence-corrected chi connectivity index (χ3v) is 3.86. The molecule has 0 saturated carbocycles. The molecule has 0 radical (unpaired) electrons. The lowest BCUT2D eigenvalue weighted by molar-refractivity contribution is 0.974. The van der Waals surface area contributed by atoms with Crippen molar-refractivity contribution in [3.05, 3.63) is 70.5 Å². The molecule has 1 nitrogen and oxygen atoms in total. The quantitative estimate of drug-likeness (QED) is 0.562. The molecule has 0 atom stereocenters. The Labute approximate surface area is 118 Å². The fourth-order valence-corrected chi connectivity index (χ4v) is 2.79. The van der Waals surface area contributed by atoms with Crippen LogP contribution in [-0.2, 0) is 0 Å². The molecule has 0 amide bonds. The first-order chi connectivity index (χ1) is 9.18. The van der Waals surface area contributed by atoms with Crippen LogP contribution in [0.4, 0.5) is 0 Å². The van der Waals surface area contributed by atoms with E-state index in [1.54, 1.807) is 0 Å². The molecule has 0 aliphatic rings. The van der Waals surface area contributed by atoms with Crippen LogP contribution in [0, 0.1) is 18.4 Å². The van der Waals surface area contributed by atoms with Gasteiger partial charge in [0.05, 0.1) is 0 Å². The Morgan fingerprint density at radius 1 is 0.737 bits per heavy atom. The van der Waals surface area contributed by atoms with Gasteiger partial charge in [0.25, 0.3) is 0 Å². The van der Waals surface area contributed by atoms with Crippen LogP contribution in [0.3, 0.4) is 0 Å². The number of aromatic nitrogens is 1. The first-order valence-corrected chi connectivity index (χ1v) is 6.77. The summed E-state index contributed by atoms with van der Waals surface area (Å²) >= 11 is 5.24. The first kappa shape index (κ1) is 12.1. The summed E-state index contributed by atoms with van der Waals surface area (Å²) in [6, 6.07) is 18.7. The highest BCUT2D eigenvalue weighted by atomic mass is 32.1. The summed E-state index contributed by atoms with van der Waals surface area (Å²) in [6.45, 7) is 4.32. The van der Waals surface area contributed by atoms with E-state index in [0.717, 1.165) is 4.51 Å². The van der Waals surface area contributed by atoms with Crippen LogP contribution < -0.4 is 0 Å². The van der Waals surface area contributed by atoms with Gasteiger partial charge in [-0.2, -0.15) is 0 Å². The normalized spacial score (nSPS) is 10.8. The number of rotatable bonds is 1. The van der Waals surface area contributed by atoms with E-state index < -0.39 is 0 Å². The van der Waals surface area contributed by atoms with Crippen molar-refractivity contribution in [2.24, 2.45) is 0 Å². The third kappa shape index (κ3) is 1.98. The number of nitrogens with zero attached hydrogens (tertiary/aromatic N) is 1. The zero-order valence-corrected chi connectivity index (χ0v) is 11.9. The van der Waals surface area contributed by atoms with E-state index >= 15 is 0 Å². The molecule has 19 heavy (non-hydrogen) atoms. The van der Waals surface area contributed by atoms with Gasteiger partial charge in [-0.3, -0.25) is 0 Å². The average molecular weight is 265 g/mol. The molecule has 0 bridgehead atoms. The van der Waals surface area contributed by atoms with Gasteiger partial charge in [0, 0.05) is 32.4 Å². The largest absolute Gasteiger partial charge is 0.317 e. The van der Waals surface area contributed by atoms with Gasteiger partial charge in [0.2, 0.25) is 0 Å². The molecule has 2 heteroatoms. The predicted octanol–water partition coefficient (Wildman–Crippen LogP) is 4.98. The van der Waals surface area contributed by atoms with Crippen LogP contribution in [0.1, 0.15) is 11.4 Å². The molecule has 0 fully saturated rings. The summed E-state index contributed by atoms with van der Waals surface area (Å²) in [7, 11) is 0. The van der Waals surface area contributed by atoms with Crippen molar-refractivity contribution in [2.45, 2.75) is 13.8 Å². The van der Waals surface area contributed by atoms with Crippen molar-refractivity contribution >= 4 is 23.0 Å². The molecule has 94 valence electrons. The molecule has 0 unspecified atom stereocenters. The van der Waals surface area contributed by atoms with Gasteiger partial charge >= 0.3 is 0 Å². The van der Waals surface area contributed by atoms with Crippen molar-refractivity contribution in [3.8, 4) is 5.69 Å². The van der Waals surface area contributed by atoms with Crippen LogP contribution >= 0.6 is 12.2 Å². The van der Waals surface area contributed by atoms with Crippen LogP contribution in [0.25, 0.3) is 16.5 Å².